The third-order valence-electron chi connectivity index (χ3n) is 5.65. The van der Waals surface area contributed by atoms with E-state index in [4.69, 9.17) is 9.73 Å². The van der Waals surface area contributed by atoms with Gasteiger partial charge < -0.3 is 4.74 Å². The van der Waals surface area contributed by atoms with Crippen LogP contribution in [0.3, 0.4) is 0 Å². The van der Waals surface area contributed by atoms with Crippen molar-refractivity contribution >= 4 is 23.2 Å². The monoisotopic (exact) mass is 408 g/mol. The number of ketones is 1. The quantitative estimate of drug-likeness (QED) is 0.658. The van der Waals surface area contributed by atoms with Crippen molar-refractivity contribution < 1.29 is 9.53 Å². The lowest BCUT2D eigenvalue weighted by Crippen LogP contribution is -2.58. The average molecular weight is 408 g/mol. The van der Waals surface area contributed by atoms with E-state index >= 15 is 0 Å². The van der Waals surface area contributed by atoms with Gasteiger partial charge in [0, 0.05) is 18.3 Å². The summed E-state index contributed by atoms with van der Waals surface area (Å²) in [6.07, 6.45) is 3.56. The standard InChI is InChI=1S/C21H20N4O3S/c1-4-24-13(9-10-22-24)11-16-19(27)25-18-14-7-5-6-8-15(14)28-21(3,17(18)12(2)26)23-20(25)29-16/h5-11,17-18H,4H2,1-3H3/b16-11-/t17-,18+,21-/m1/s1. The van der Waals surface area contributed by atoms with Crippen LogP contribution in [-0.4, -0.2) is 25.9 Å². The smallest absolute Gasteiger partial charge is 0.270 e. The Bertz CT molecular complexity index is 1320. The summed E-state index contributed by atoms with van der Waals surface area (Å²) in [6.45, 7) is 6.08. The van der Waals surface area contributed by atoms with Gasteiger partial charge in [-0.05, 0) is 39.0 Å². The van der Waals surface area contributed by atoms with Gasteiger partial charge in [0.1, 0.15) is 17.5 Å². The number of fused-ring (bicyclic) bond motifs is 6. The summed E-state index contributed by atoms with van der Waals surface area (Å²) in [6, 6.07) is 9.01. The molecule has 2 aliphatic rings. The molecule has 7 nitrogen and oxygen atoms in total. The van der Waals surface area contributed by atoms with Gasteiger partial charge in [-0.3, -0.25) is 18.8 Å². The summed E-state index contributed by atoms with van der Waals surface area (Å²) in [5.41, 5.74) is 0.515. The molecule has 148 valence electrons. The molecular weight excluding hydrogens is 388 g/mol. The van der Waals surface area contributed by atoms with Gasteiger partial charge in [0.25, 0.3) is 5.56 Å². The topological polar surface area (TPSA) is 78.5 Å². The molecule has 0 spiro atoms. The Balaban J connectivity index is 1.81. The first kappa shape index (κ1) is 18.1. The number of aryl methyl sites for hydroxylation is 1. The second-order valence-electron chi connectivity index (χ2n) is 7.48. The van der Waals surface area contributed by atoms with Crippen LogP contribution < -0.4 is 19.6 Å². The van der Waals surface area contributed by atoms with E-state index < -0.39 is 17.7 Å². The van der Waals surface area contributed by atoms with Crippen LogP contribution in [0.25, 0.3) is 6.08 Å². The molecular formula is C21H20N4O3S. The van der Waals surface area contributed by atoms with Gasteiger partial charge in [-0.2, -0.15) is 5.10 Å². The van der Waals surface area contributed by atoms with Crippen LogP contribution in [0.5, 0.6) is 5.75 Å². The molecule has 29 heavy (non-hydrogen) atoms. The zero-order valence-electron chi connectivity index (χ0n) is 16.3. The highest BCUT2D eigenvalue weighted by Gasteiger charge is 2.53. The molecule has 0 fully saturated rings. The number of carbonyl (C=O) groups is 1. The van der Waals surface area contributed by atoms with Gasteiger partial charge in [-0.1, -0.05) is 29.5 Å². The maximum Gasteiger partial charge on any atom is 0.270 e. The fraction of sp³-hybridized carbons (Fsp3) is 0.333. The number of thiazole rings is 1. The van der Waals surface area contributed by atoms with E-state index in [1.54, 1.807) is 10.8 Å². The van der Waals surface area contributed by atoms with Gasteiger partial charge in [-0.25, -0.2) is 4.99 Å². The average Bonchev–Trinajstić information content (AvgIpc) is 3.24. The van der Waals surface area contributed by atoms with Crippen LogP contribution in [0.2, 0.25) is 0 Å². The maximum absolute atomic E-state index is 13.4. The number of Topliss-reactive ketones (excluding diaryl/α,β-unsaturated/α-hetero) is 1. The Labute approximate surface area is 170 Å². The number of hydrogen-bond donors (Lipinski definition) is 0. The zero-order valence-corrected chi connectivity index (χ0v) is 17.1. The van der Waals surface area contributed by atoms with Crippen molar-refractivity contribution in [3.8, 4) is 5.75 Å². The van der Waals surface area contributed by atoms with E-state index in [2.05, 4.69) is 5.10 Å². The predicted molar refractivity (Wildman–Crippen MR) is 109 cm³/mol. The molecule has 2 aliphatic heterocycles. The molecule has 0 amide bonds. The molecule has 2 bridgehead atoms. The second kappa shape index (κ2) is 6.25. The largest absolute Gasteiger partial charge is 0.465 e. The molecule has 3 aromatic rings. The number of rotatable bonds is 3. The van der Waals surface area contributed by atoms with Crippen LogP contribution in [0, 0.1) is 5.92 Å². The molecule has 0 unspecified atom stereocenters. The number of hydrogen-bond acceptors (Lipinski definition) is 6. The Morgan fingerprint density at radius 2 is 2.14 bits per heavy atom. The number of para-hydroxylation sites is 1. The first-order valence-corrected chi connectivity index (χ1v) is 10.4. The minimum atomic E-state index is -1.04. The molecule has 0 radical (unpaired) electrons. The molecule has 0 saturated heterocycles. The number of carbonyl (C=O) groups excluding carboxylic acids is 1. The second-order valence-corrected chi connectivity index (χ2v) is 8.49. The normalized spacial score (nSPS) is 25.0. The fourth-order valence-corrected chi connectivity index (χ4v) is 5.50. The van der Waals surface area contributed by atoms with Crippen LogP contribution in [0.4, 0.5) is 0 Å². The molecule has 1 aromatic carbocycles. The van der Waals surface area contributed by atoms with Crippen molar-refractivity contribution in [2.45, 2.75) is 39.1 Å². The number of nitrogens with zero attached hydrogens (tertiary/aromatic N) is 4. The van der Waals surface area contributed by atoms with E-state index in [1.807, 2.05) is 54.9 Å². The SMILES string of the molecule is CCn1nccc1/C=c1\sc2n(c1=O)[C@H]1c3ccccc3O[C@@](C)(N=2)[C@@H]1C(C)=O. The van der Waals surface area contributed by atoms with E-state index in [1.165, 1.54) is 18.3 Å². The van der Waals surface area contributed by atoms with E-state index in [-0.39, 0.29) is 11.3 Å². The number of aromatic nitrogens is 3. The summed E-state index contributed by atoms with van der Waals surface area (Å²) >= 11 is 1.32. The Morgan fingerprint density at radius 3 is 2.90 bits per heavy atom. The van der Waals surface area contributed by atoms with Gasteiger partial charge in [0.15, 0.2) is 4.80 Å². The lowest BCUT2D eigenvalue weighted by atomic mass is 9.79. The van der Waals surface area contributed by atoms with Crippen molar-refractivity contribution in [2.24, 2.45) is 10.9 Å². The third kappa shape index (κ3) is 2.55. The third-order valence-corrected chi connectivity index (χ3v) is 6.63. The van der Waals surface area contributed by atoms with Crippen molar-refractivity contribution in [3.63, 3.8) is 0 Å². The first-order valence-electron chi connectivity index (χ1n) is 9.56. The summed E-state index contributed by atoms with van der Waals surface area (Å²) in [4.78, 5) is 31.4. The lowest BCUT2D eigenvalue weighted by Gasteiger charge is -2.45. The highest BCUT2D eigenvalue weighted by Crippen LogP contribution is 2.47. The molecule has 5 rings (SSSR count). The molecule has 0 N–H and O–H groups in total. The Hall–Kier alpha value is -3.00. The first-order chi connectivity index (χ1) is 13.9. The summed E-state index contributed by atoms with van der Waals surface area (Å²) in [7, 11) is 0. The van der Waals surface area contributed by atoms with Gasteiger partial charge in [0.05, 0.1) is 16.3 Å². The Morgan fingerprint density at radius 1 is 1.34 bits per heavy atom. The molecule has 4 heterocycles. The predicted octanol–water partition coefficient (Wildman–Crippen LogP) is 1.49. The van der Waals surface area contributed by atoms with E-state index in [0.29, 0.717) is 21.6 Å². The van der Waals surface area contributed by atoms with Gasteiger partial charge in [0.2, 0.25) is 5.72 Å². The lowest BCUT2D eigenvalue weighted by molar-refractivity contribution is -0.132. The zero-order chi connectivity index (χ0) is 20.3. The van der Waals surface area contributed by atoms with Crippen molar-refractivity contribution in [1.29, 1.82) is 0 Å². The minimum Gasteiger partial charge on any atom is -0.465 e. The molecule has 3 atom stereocenters. The van der Waals surface area contributed by atoms with E-state index in [9.17, 15) is 9.59 Å². The van der Waals surface area contributed by atoms with Crippen molar-refractivity contribution in [1.82, 2.24) is 14.3 Å². The minimum absolute atomic E-state index is 0.0471. The summed E-state index contributed by atoms with van der Waals surface area (Å²) in [5.74, 6) is 0.0555. The van der Waals surface area contributed by atoms with Gasteiger partial charge >= 0.3 is 0 Å². The van der Waals surface area contributed by atoms with E-state index in [0.717, 1.165) is 11.3 Å². The summed E-state index contributed by atoms with van der Waals surface area (Å²) in [5, 5.41) is 4.26. The van der Waals surface area contributed by atoms with Crippen LogP contribution in [0.15, 0.2) is 46.3 Å². The highest BCUT2D eigenvalue weighted by molar-refractivity contribution is 7.07. The van der Waals surface area contributed by atoms with Crippen molar-refractivity contribution in [3.05, 3.63) is 67.5 Å². The van der Waals surface area contributed by atoms with Crippen LogP contribution in [0.1, 0.15) is 38.1 Å². The molecule has 0 aliphatic carbocycles. The Kier molecular flexibility index (Phi) is 3.89. The molecule has 0 saturated carbocycles. The number of benzene rings is 1. The van der Waals surface area contributed by atoms with Gasteiger partial charge in [-0.15, -0.1) is 0 Å². The van der Waals surface area contributed by atoms with Crippen molar-refractivity contribution in [2.75, 3.05) is 0 Å². The fourth-order valence-electron chi connectivity index (χ4n) is 4.42. The summed E-state index contributed by atoms with van der Waals surface area (Å²) < 4.78 is 10.3. The number of ether oxygens (including phenoxy) is 1. The maximum atomic E-state index is 13.4. The molecule has 8 heteroatoms. The van der Waals surface area contributed by atoms with Crippen LogP contribution >= 0.6 is 11.3 Å². The highest BCUT2D eigenvalue weighted by atomic mass is 32.1. The molecule has 2 aromatic heterocycles. The van der Waals surface area contributed by atoms with Crippen LogP contribution in [-0.2, 0) is 11.3 Å².